The summed E-state index contributed by atoms with van der Waals surface area (Å²) in [5.74, 6) is 0.120. The summed E-state index contributed by atoms with van der Waals surface area (Å²) in [5.41, 5.74) is -1.72. The van der Waals surface area contributed by atoms with Crippen LogP contribution in [-0.2, 0) is 19.1 Å². The van der Waals surface area contributed by atoms with Crippen LogP contribution in [0.5, 0.6) is 0 Å². The zero-order valence-corrected chi connectivity index (χ0v) is 26.0. The Morgan fingerprint density at radius 2 is 1.59 bits per heavy atom. The maximum atomic E-state index is 14.5. The van der Waals surface area contributed by atoms with Crippen LogP contribution in [-0.4, -0.2) is 34.9 Å². The van der Waals surface area contributed by atoms with Gasteiger partial charge in [-0.15, -0.1) is 0 Å². The Kier molecular flexibility index (Phi) is 6.34. The van der Waals surface area contributed by atoms with Gasteiger partial charge in [0.2, 0.25) is 0 Å². The number of ether oxygens (including phenoxy) is 1. The largest absolute Gasteiger partial charge is 0.466 e. The molecule has 39 heavy (non-hydrogen) atoms. The molecule has 0 aromatic carbocycles. The average Bonchev–Trinajstić information content (AvgIpc) is 2.84. The monoisotopic (exact) mass is 540 g/mol. The van der Waals surface area contributed by atoms with E-state index >= 15 is 0 Å². The molecule has 4 saturated carbocycles. The smallest absolute Gasteiger partial charge is 0.311 e. The molecule has 0 amide bonds. The second-order valence-corrected chi connectivity index (χ2v) is 16.1. The van der Waals surface area contributed by atoms with Gasteiger partial charge in [-0.05, 0) is 118 Å². The first kappa shape index (κ1) is 29.0. The van der Waals surface area contributed by atoms with Crippen LogP contribution in [0.2, 0.25) is 0 Å². The normalized spacial score (nSPS) is 50.5. The molecule has 0 spiro atoms. The molecule has 5 nitrogen and oxygen atoms in total. The number of fused-ring (bicyclic) bond motifs is 7. The molecule has 0 bridgehead atoms. The van der Waals surface area contributed by atoms with Gasteiger partial charge < -0.3 is 9.84 Å². The average molecular weight is 541 g/mol. The Hall–Kier alpha value is -1.49. The van der Waals surface area contributed by atoms with Crippen molar-refractivity contribution in [3.8, 4) is 0 Å². The molecule has 5 aliphatic rings. The topological polar surface area (TPSA) is 80.7 Å². The number of carbonyl (C=O) groups excluding carboxylic acids is 3. The number of ketones is 2. The maximum absolute atomic E-state index is 14.5. The Labute approximate surface area is 235 Å². The summed E-state index contributed by atoms with van der Waals surface area (Å²) in [6.45, 7) is 19.4. The number of Topliss-reactive ketones (excluding diaryl/α,β-unsaturated/α-hetero) is 1. The van der Waals surface area contributed by atoms with Crippen LogP contribution in [0.4, 0.5) is 0 Å². The number of hydrogen-bond acceptors (Lipinski definition) is 5. The third-order valence-electron chi connectivity index (χ3n) is 14.2. The van der Waals surface area contributed by atoms with Crippen molar-refractivity contribution in [1.82, 2.24) is 0 Å². The number of rotatable bonds is 3. The minimum atomic E-state index is -1.35. The third-order valence-corrected chi connectivity index (χ3v) is 14.2. The number of hydrogen-bond donors (Lipinski definition) is 1. The van der Waals surface area contributed by atoms with Crippen molar-refractivity contribution in [1.29, 1.82) is 0 Å². The molecule has 0 heterocycles. The van der Waals surface area contributed by atoms with Crippen molar-refractivity contribution in [2.45, 2.75) is 126 Å². The first-order chi connectivity index (χ1) is 17.9. The Bertz CT molecular complexity index is 1140. The van der Waals surface area contributed by atoms with Gasteiger partial charge in [-0.2, -0.15) is 0 Å². The number of carbonyl (C=O) groups is 3. The highest BCUT2D eigenvalue weighted by atomic mass is 16.5. The molecular formula is C34H52O5. The lowest BCUT2D eigenvalue weighted by Crippen LogP contribution is -2.69. The van der Waals surface area contributed by atoms with Crippen LogP contribution in [0.25, 0.3) is 0 Å². The summed E-state index contributed by atoms with van der Waals surface area (Å²) in [5, 5.41) is 11.6. The number of allylic oxidation sites excluding steroid dienone is 2. The maximum Gasteiger partial charge on any atom is 0.311 e. The molecule has 5 aliphatic carbocycles. The van der Waals surface area contributed by atoms with Crippen LogP contribution in [0.15, 0.2) is 11.6 Å². The quantitative estimate of drug-likeness (QED) is 0.396. The van der Waals surface area contributed by atoms with Gasteiger partial charge in [-0.3, -0.25) is 14.4 Å². The third kappa shape index (κ3) is 3.50. The molecule has 0 aromatic heterocycles. The first-order valence-corrected chi connectivity index (χ1v) is 15.5. The molecule has 0 saturated heterocycles. The van der Waals surface area contributed by atoms with Gasteiger partial charge in [0.25, 0.3) is 0 Å². The van der Waals surface area contributed by atoms with E-state index in [1.165, 1.54) is 12.5 Å². The summed E-state index contributed by atoms with van der Waals surface area (Å²) in [6, 6.07) is 0. The summed E-state index contributed by atoms with van der Waals surface area (Å²) >= 11 is 0. The minimum Gasteiger partial charge on any atom is -0.466 e. The summed E-state index contributed by atoms with van der Waals surface area (Å²) in [6.07, 6.45) is 9.67. The minimum absolute atomic E-state index is 0.0869. The zero-order chi connectivity index (χ0) is 29.0. The van der Waals surface area contributed by atoms with Crippen molar-refractivity contribution < 1.29 is 24.2 Å². The molecule has 218 valence electrons. The molecule has 5 heteroatoms. The summed E-state index contributed by atoms with van der Waals surface area (Å²) in [7, 11) is 0. The molecule has 0 aromatic rings. The fourth-order valence-corrected chi connectivity index (χ4v) is 11.3. The van der Waals surface area contributed by atoms with E-state index < -0.39 is 16.4 Å². The van der Waals surface area contributed by atoms with Crippen molar-refractivity contribution in [2.75, 3.05) is 6.61 Å². The standard InChI is InChI=1S/C34H52O5/c1-10-39-27(37)30(6)14-13-29(5)15-17-32(8)22(23(29)20-30)19-24(36)26-31(7)16-18-34(38,21(2)35)28(3,4)25(31)11-12-33(26,32)9/h19,23,25-26,38H,10-18,20H2,1-9H3/t23-,25?,26-,29-,30+,31+,32-,33-,34-/m1/s1. The molecule has 0 aliphatic heterocycles. The molecule has 4 fully saturated rings. The second-order valence-electron chi connectivity index (χ2n) is 16.1. The fraction of sp³-hybridized carbons (Fsp3) is 0.853. The van der Waals surface area contributed by atoms with E-state index in [-0.39, 0.29) is 56.9 Å². The highest BCUT2D eigenvalue weighted by molar-refractivity contribution is 5.96. The molecule has 1 unspecified atom stereocenters. The lowest BCUT2D eigenvalue weighted by atomic mass is 9.32. The summed E-state index contributed by atoms with van der Waals surface area (Å²) in [4.78, 5) is 40.3. The van der Waals surface area contributed by atoms with Gasteiger partial charge in [0.15, 0.2) is 11.6 Å². The molecule has 5 rings (SSSR count). The van der Waals surface area contributed by atoms with Crippen LogP contribution in [0.3, 0.4) is 0 Å². The van der Waals surface area contributed by atoms with E-state index in [1.807, 2.05) is 13.0 Å². The van der Waals surface area contributed by atoms with Crippen molar-refractivity contribution in [2.24, 2.45) is 50.2 Å². The van der Waals surface area contributed by atoms with Crippen LogP contribution < -0.4 is 0 Å². The number of esters is 1. The summed E-state index contributed by atoms with van der Waals surface area (Å²) < 4.78 is 5.54. The first-order valence-electron chi connectivity index (χ1n) is 15.5. The molecule has 1 N–H and O–H groups in total. The fourth-order valence-electron chi connectivity index (χ4n) is 11.3. The van der Waals surface area contributed by atoms with Gasteiger partial charge in [0.1, 0.15) is 5.60 Å². The van der Waals surface area contributed by atoms with Crippen LogP contribution in [0.1, 0.15) is 120 Å². The van der Waals surface area contributed by atoms with Gasteiger partial charge >= 0.3 is 5.97 Å². The molecule has 9 atom stereocenters. The predicted molar refractivity (Wildman–Crippen MR) is 152 cm³/mol. The Morgan fingerprint density at radius 1 is 0.949 bits per heavy atom. The highest BCUT2D eigenvalue weighted by Crippen LogP contribution is 2.75. The van der Waals surface area contributed by atoms with Crippen LogP contribution in [0, 0.1) is 50.2 Å². The van der Waals surface area contributed by atoms with E-state index in [1.54, 1.807) is 0 Å². The highest BCUT2D eigenvalue weighted by Gasteiger charge is 2.72. The van der Waals surface area contributed by atoms with E-state index in [9.17, 15) is 19.5 Å². The van der Waals surface area contributed by atoms with E-state index in [0.717, 1.165) is 44.9 Å². The number of aliphatic hydroxyl groups is 1. The molecule has 0 radical (unpaired) electrons. The molecular weight excluding hydrogens is 488 g/mol. The van der Waals surface area contributed by atoms with Gasteiger partial charge in [0.05, 0.1) is 12.0 Å². The van der Waals surface area contributed by atoms with Gasteiger partial charge in [0, 0.05) is 11.3 Å². The van der Waals surface area contributed by atoms with Gasteiger partial charge in [-0.1, -0.05) is 47.1 Å². The Morgan fingerprint density at radius 3 is 2.21 bits per heavy atom. The van der Waals surface area contributed by atoms with Crippen molar-refractivity contribution in [3.05, 3.63) is 11.6 Å². The van der Waals surface area contributed by atoms with E-state index in [4.69, 9.17) is 4.74 Å². The second kappa shape index (κ2) is 8.52. The van der Waals surface area contributed by atoms with E-state index in [0.29, 0.717) is 19.4 Å². The Balaban J connectivity index is 1.59. The van der Waals surface area contributed by atoms with Crippen LogP contribution >= 0.6 is 0 Å². The SMILES string of the molecule is CCOC(=O)[C@@]1(C)CC[C@]2(C)CC[C@]3(C)C(=CC(=O)[C@@H]4[C@@]5(C)CC[C@@](O)(C(C)=O)C(C)(C)C5CC[C@]43C)[C@H]2C1. The lowest BCUT2D eigenvalue weighted by Gasteiger charge is -2.71. The van der Waals surface area contributed by atoms with Crippen molar-refractivity contribution in [3.63, 3.8) is 0 Å². The van der Waals surface area contributed by atoms with Gasteiger partial charge in [-0.25, -0.2) is 0 Å². The lowest BCUT2D eigenvalue weighted by molar-refractivity contribution is -0.226. The zero-order valence-electron chi connectivity index (χ0n) is 26.0. The predicted octanol–water partition coefficient (Wildman–Crippen LogP) is 6.85. The van der Waals surface area contributed by atoms with Crippen molar-refractivity contribution >= 4 is 17.5 Å². The van der Waals surface area contributed by atoms with E-state index in [2.05, 4.69) is 48.5 Å².